The standard InChI is InChI=1S/C12H10N2O/c13-10-6-7-14-11(8-15)12(10)9-4-2-1-3-5-9/h1-8H,(H2,13,14). The SMILES string of the molecule is Nc1ccnc(C=O)c1-c1ccccc1. The minimum atomic E-state index is 0.376. The highest BCUT2D eigenvalue weighted by Gasteiger charge is 2.08. The lowest BCUT2D eigenvalue weighted by atomic mass is 10.0. The topological polar surface area (TPSA) is 56.0 Å². The zero-order chi connectivity index (χ0) is 10.7. The molecule has 74 valence electrons. The first-order chi connectivity index (χ1) is 7.33. The largest absolute Gasteiger partial charge is 0.398 e. The van der Waals surface area contributed by atoms with E-state index >= 15 is 0 Å². The number of nitrogen functional groups attached to an aromatic ring is 1. The molecule has 2 N–H and O–H groups in total. The zero-order valence-electron chi connectivity index (χ0n) is 8.05. The first-order valence-electron chi connectivity index (χ1n) is 4.58. The number of rotatable bonds is 2. The molecule has 0 spiro atoms. The number of hydrogen-bond acceptors (Lipinski definition) is 3. The van der Waals surface area contributed by atoms with Gasteiger partial charge >= 0.3 is 0 Å². The number of aldehydes is 1. The highest BCUT2D eigenvalue weighted by atomic mass is 16.1. The monoisotopic (exact) mass is 198 g/mol. The van der Waals surface area contributed by atoms with E-state index in [9.17, 15) is 4.79 Å². The number of pyridine rings is 1. The Morgan fingerprint density at radius 2 is 1.87 bits per heavy atom. The third-order valence-electron chi connectivity index (χ3n) is 2.19. The fourth-order valence-electron chi connectivity index (χ4n) is 1.50. The summed E-state index contributed by atoms with van der Waals surface area (Å²) in [6.07, 6.45) is 2.25. The van der Waals surface area contributed by atoms with Crippen LogP contribution in [0.5, 0.6) is 0 Å². The van der Waals surface area contributed by atoms with Gasteiger partial charge in [0.1, 0.15) is 5.69 Å². The maximum Gasteiger partial charge on any atom is 0.169 e. The molecule has 0 saturated heterocycles. The number of benzene rings is 1. The van der Waals surface area contributed by atoms with Crippen molar-refractivity contribution in [1.29, 1.82) is 0 Å². The second kappa shape index (κ2) is 3.92. The van der Waals surface area contributed by atoms with Crippen molar-refractivity contribution in [2.45, 2.75) is 0 Å². The second-order valence-corrected chi connectivity index (χ2v) is 3.14. The molecule has 0 radical (unpaired) electrons. The average Bonchev–Trinajstić information content (AvgIpc) is 2.29. The first-order valence-corrected chi connectivity index (χ1v) is 4.58. The van der Waals surface area contributed by atoms with Gasteiger partial charge in [-0.1, -0.05) is 30.3 Å². The number of aromatic nitrogens is 1. The number of nitrogens with two attached hydrogens (primary N) is 1. The summed E-state index contributed by atoms with van der Waals surface area (Å²) >= 11 is 0. The highest BCUT2D eigenvalue weighted by molar-refractivity contribution is 5.90. The van der Waals surface area contributed by atoms with Crippen LogP contribution in [-0.4, -0.2) is 11.3 Å². The van der Waals surface area contributed by atoms with Crippen molar-refractivity contribution in [3.63, 3.8) is 0 Å². The summed E-state index contributed by atoms with van der Waals surface area (Å²) in [6.45, 7) is 0. The van der Waals surface area contributed by atoms with Gasteiger partial charge in [-0.25, -0.2) is 0 Å². The third-order valence-corrected chi connectivity index (χ3v) is 2.19. The zero-order valence-corrected chi connectivity index (χ0v) is 8.05. The van der Waals surface area contributed by atoms with E-state index in [2.05, 4.69) is 4.98 Å². The minimum absolute atomic E-state index is 0.376. The lowest BCUT2D eigenvalue weighted by Crippen LogP contribution is -1.97. The third kappa shape index (κ3) is 1.72. The van der Waals surface area contributed by atoms with Crippen molar-refractivity contribution in [2.75, 3.05) is 5.73 Å². The van der Waals surface area contributed by atoms with Crippen LogP contribution in [0.25, 0.3) is 11.1 Å². The van der Waals surface area contributed by atoms with Gasteiger partial charge in [-0.2, -0.15) is 0 Å². The fraction of sp³-hybridized carbons (Fsp3) is 0. The summed E-state index contributed by atoms with van der Waals surface area (Å²) in [4.78, 5) is 14.8. The van der Waals surface area contributed by atoms with Gasteiger partial charge in [-0.3, -0.25) is 9.78 Å². The summed E-state index contributed by atoms with van der Waals surface area (Å²) in [5.74, 6) is 0. The molecule has 0 unspecified atom stereocenters. The normalized spacial score (nSPS) is 9.87. The predicted octanol–water partition coefficient (Wildman–Crippen LogP) is 2.14. The van der Waals surface area contributed by atoms with Gasteiger partial charge in [-0.05, 0) is 11.6 Å². The van der Waals surface area contributed by atoms with Gasteiger partial charge < -0.3 is 5.73 Å². The summed E-state index contributed by atoms with van der Waals surface area (Å²) < 4.78 is 0. The van der Waals surface area contributed by atoms with E-state index in [1.54, 1.807) is 6.07 Å². The van der Waals surface area contributed by atoms with Crippen molar-refractivity contribution in [3.05, 3.63) is 48.3 Å². The van der Waals surface area contributed by atoms with Crippen molar-refractivity contribution >= 4 is 12.0 Å². The number of nitrogens with zero attached hydrogens (tertiary/aromatic N) is 1. The van der Waals surface area contributed by atoms with Gasteiger partial charge in [0.15, 0.2) is 6.29 Å². The van der Waals surface area contributed by atoms with E-state index in [-0.39, 0.29) is 0 Å². The Morgan fingerprint density at radius 3 is 2.53 bits per heavy atom. The van der Waals surface area contributed by atoms with Crippen LogP contribution in [0.3, 0.4) is 0 Å². The summed E-state index contributed by atoms with van der Waals surface area (Å²) in [7, 11) is 0. The molecule has 1 aromatic carbocycles. The van der Waals surface area contributed by atoms with Gasteiger partial charge in [0, 0.05) is 17.4 Å². The molecule has 3 heteroatoms. The van der Waals surface area contributed by atoms with Crippen molar-refractivity contribution in [2.24, 2.45) is 0 Å². The van der Waals surface area contributed by atoms with Crippen LogP contribution < -0.4 is 5.73 Å². The van der Waals surface area contributed by atoms with Gasteiger partial charge in [0.05, 0.1) is 0 Å². The van der Waals surface area contributed by atoms with E-state index < -0.39 is 0 Å². The van der Waals surface area contributed by atoms with Crippen molar-refractivity contribution in [3.8, 4) is 11.1 Å². The summed E-state index contributed by atoms with van der Waals surface area (Å²) in [5, 5.41) is 0. The molecule has 0 saturated carbocycles. The summed E-state index contributed by atoms with van der Waals surface area (Å²) in [5.41, 5.74) is 8.38. The molecule has 0 amide bonds. The Balaban J connectivity index is 2.66. The lowest BCUT2D eigenvalue weighted by molar-refractivity contribution is 0.111. The molecular formula is C12H10N2O. The van der Waals surface area contributed by atoms with Gasteiger partial charge in [0.25, 0.3) is 0 Å². The highest BCUT2D eigenvalue weighted by Crippen LogP contribution is 2.26. The van der Waals surface area contributed by atoms with Gasteiger partial charge in [-0.15, -0.1) is 0 Å². The van der Waals surface area contributed by atoms with Crippen LogP contribution in [0.1, 0.15) is 10.5 Å². The number of anilines is 1. The number of carbonyl (C=O) groups is 1. The maximum absolute atomic E-state index is 10.8. The quantitative estimate of drug-likeness (QED) is 0.752. The van der Waals surface area contributed by atoms with Crippen LogP contribution in [0.4, 0.5) is 5.69 Å². The molecule has 0 aliphatic rings. The molecule has 2 rings (SSSR count). The molecule has 2 aromatic rings. The van der Waals surface area contributed by atoms with E-state index in [1.807, 2.05) is 30.3 Å². The predicted molar refractivity (Wildman–Crippen MR) is 59.5 cm³/mol. The Labute approximate surface area is 87.6 Å². The molecular weight excluding hydrogens is 188 g/mol. The number of hydrogen-bond donors (Lipinski definition) is 1. The molecule has 3 nitrogen and oxygen atoms in total. The smallest absolute Gasteiger partial charge is 0.169 e. The molecule has 0 atom stereocenters. The Hall–Kier alpha value is -2.16. The molecule has 1 aromatic heterocycles. The number of carbonyl (C=O) groups excluding carboxylic acids is 1. The van der Waals surface area contributed by atoms with Crippen molar-refractivity contribution < 1.29 is 4.79 Å². The average molecular weight is 198 g/mol. The molecule has 0 fully saturated rings. The fourth-order valence-corrected chi connectivity index (χ4v) is 1.50. The lowest BCUT2D eigenvalue weighted by Gasteiger charge is -2.07. The maximum atomic E-state index is 10.8. The van der Waals surface area contributed by atoms with E-state index in [0.717, 1.165) is 11.8 Å². The van der Waals surface area contributed by atoms with Crippen LogP contribution in [0.2, 0.25) is 0 Å². The Morgan fingerprint density at radius 1 is 1.13 bits per heavy atom. The molecule has 15 heavy (non-hydrogen) atoms. The van der Waals surface area contributed by atoms with Crippen LogP contribution >= 0.6 is 0 Å². The Bertz CT molecular complexity index is 480. The van der Waals surface area contributed by atoms with E-state index in [1.165, 1.54) is 6.20 Å². The van der Waals surface area contributed by atoms with Gasteiger partial charge in [0.2, 0.25) is 0 Å². The molecule has 0 bridgehead atoms. The molecule has 0 aliphatic carbocycles. The minimum Gasteiger partial charge on any atom is -0.398 e. The second-order valence-electron chi connectivity index (χ2n) is 3.14. The van der Waals surface area contributed by atoms with Crippen LogP contribution in [-0.2, 0) is 0 Å². The summed E-state index contributed by atoms with van der Waals surface area (Å²) in [6, 6.07) is 11.2. The van der Waals surface area contributed by atoms with E-state index in [4.69, 9.17) is 5.73 Å². The van der Waals surface area contributed by atoms with Crippen molar-refractivity contribution in [1.82, 2.24) is 4.98 Å². The van der Waals surface area contributed by atoms with Crippen LogP contribution in [0.15, 0.2) is 42.6 Å². The van der Waals surface area contributed by atoms with E-state index in [0.29, 0.717) is 16.9 Å². The van der Waals surface area contributed by atoms with Crippen LogP contribution in [0, 0.1) is 0 Å². The first kappa shape index (κ1) is 9.40. The Kier molecular flexibility index (Phi) is 2.46. The molecule has 1 heterocycles. The molecule has 0 aliphatic heterocycles.